The van der Waals surface area contributed by atoms with Crippen LogP contribution in [0.4, 0.5) is 0 Å². The molecule has 7 nitrogen and oxygen atoms in total. The molecule has 2 atom stereocenters. The van der Waals surface area contributed by atoms with E-state index in [9.17, 15) is 14.4 Å². The van der Waals surface area contributed by atoms with Crippen LogP contribution in [-0.4, -0.2) is 47.8 Å². The van der Waals surface area contributed by atoms with E-state index in [0.717, 1.165) is 0 Å². The zero-order valence-corrected chi connectivity index (χ0v) is 10.5. The maximum absolute atomic E-state index is 11.5. The van der Waals surface area contributed by atoms with E-state index in [1.165, 1.54) is 7.11 Å². The highest BCUT2D eigenvalue weighted by molar-refractivity contribution is 5.84. The van der Waals surface area contributed by atoms with Crippen LogP contribution in [0.3, 0.4) is 0 Å². The highest BCUT2D eigenvalue weighted by atomic mass is 16.5. The number of carboxylic acid groups (broad SMARTS) is 2. The van der Waals surface area contributed by atoms with E-state index in [4.69, 9.17) is 14.9 Å². The lowest BCUT2D eigenvalue weighted by molar-refractivity contribution is -0.143. The Kier molecular flexibility index (Phi) is 7.69. The minimum atomic E-state index is -1.23. The first-order chi connectivity index (χ1) is 8.36. The Balaban J connectivity index is 4.19. The average Bonchev–Trinajstić information content (AvgIpc) is 2.23. The zero-order chi connectivity index (χ0) is 14.1. The summed E-state index contributed by atoms with van der Waals surface area (Å²) in [6.45, 7) is 2.20. The molecule has 0 aliphatic heterocycles. The Morgan fingerprint density at radius 1 is 1.28 bits per heavy atom. The van der Waals surface area contributed by atoms with Crippen LogP contribution in [0.15, 0.2) is 0 Å². The third kappa shape index (κ3) is 7.61. The molecule has 0 saturated heterocycles. The van der Waals surface area contributed by atoms with Gasteiger partial charge in [-0.1, -0.05) is 6.92 Å². The number of ether oxygens (including phenoxy) is 1. The molecular formula is C11H19NO6. The van der Waals surface area contributed by atoms with E-state index >= 15 is 0 Å². The number of carbonyl (C=O) groups excluding carboxylic acids is 1. The van der Waals surface area contributed by atoms with E-state index in [-0.39, 0.29) is 25.2 Å². The van der Waals surface area contributed by atoms with Gasteiger partial charge in [-0.2, -0.15) is 0 Å². The molecule has 2 unspecified atom stereocenters. The van der Waals surface area contributed by atoms with Crippen molar-refractivity contribution < 1.29 is 29.3 Å². The van der Waals surface area contributed by atoms with Crippen molar-refractivity contribution in [3.05, 3.63) is 0 Å². The first-order valence-electron chi connectivity index (χ1n) is 5.59. The molecule has 1 amide bonds. The predicted octanol–water partition coefficient (Wildman–Crippen LogP) is 0.0932. The standard InChI is InChI=1S/C11H19NO6/c1-7(6-18-2)5-9(13)12-8(11(16)17)3-4-10(14)15/h7-8H,3-6H2,1-2H3,(H,12,13)(H,14,15)(H,16,17). The third-order valence-corrected chi connectivity index (χ3v) is 2.27. The number of carbonyl (C=O) groups is 3. The molecule has 104 valence electrons. The molecule has 0 radical (unpaired) electrons. The van der Waals surface area contributed by atoms with Crippen LogP contribution >= 0.6 is 0 Å². The van der Waals surface area contributed by atoms with Crippen molar-refractivity contribution in [3.8, 4) is 0 Å². The Bertz CT molecular complexity index is 304. The van der Waals surface area contributed by atoms with Gasteiger partial charge in [-0.15, -0.1) is 0 Å². The molecule has 0 aliphatic rings. The summed E-state index contributed by atoms with van der Waals surface area (Å²) in [4.78, 5) is 32.7. The smallest absolute Gasteiger partial charge is 0.326 e. The molecule has 0 saturated carbocycles. The van der Waals surface area contributed by atoms with Crippen LogP contribution in [-0.2, 0) is 19.1 Å². The van der Waals surface area contributed by atoms with Crippen molar-refractivity contribution >= 4 is 17.8 Å². The number of amides is 1. The van der Waals surface area contributed by atoms with Gasteiger partial charge in [0, 0.05) is 26.6 Å². The maximum atomic E-state index is 11.5. The summed E-state index contributed by atoms with van der Waals surface area (Å²) in [5, 5.41) is 19.6. The number of aliphatic carboxylic acids is 2. The number of rotatable bonds is 9. The van der Waals surface area contributed by atoms with Gasteiger partial charge >= 0.3 is 11.9 Å². The van der Waals surface area contributed by atoms with Gasteiger partial charge in [0.05, 0.1) is 0 Å². The molecule has 0 rings (SSSR count). The van der Waals surface area contributed by atoms with Crippen LogP contribution < -0.4 is 5.32 Å². The average molecular weight is 261 g/mol. The van der Waals surface area contributed by atoms with Gasteiger partial charge in [-0.05, 0) is 12.3 Å². The SMILES string of the molecule is COCC(C)CC(=O)NC(CCC(=O)O)C(=O)O. The highest BCUT2D eigenvalue weighted by Gasteiger charge is 2.21. The van der Waals surface area contributed by atoms with Gasteiger partial charge in [-0.3, -0.25) is 9.59 Å². The Hall–Kier alpha value is -1.63. The maximum Gasteiger partial charge on any atom is 0.326 e. The van der Waals surface area contributed by atoms with Crippen molar-refractivity contribution in [2.24, 2.45) is 5.92 Å². The summed E-state index contributed by atoms with van der Waals surface area (Å²) in [5.74, 6) is -2.77. The van der Waals surface area contributed by atoms with Crippen LogP contribution in [0.25, 0.3) is 0 Å². The second-order valence-electron chi connectivity index (χ2n) is 4.16. The largest absolute Gasteiger partial charge is 0.481 e. The second kappa shape index (κ2) is 8.46. The molecule has 0 spiro atoms. The van der Waals surface area contributed by atoms with Crippen LogP contribution in [0, 0.1) is 5.92 Å². The number of nitrogens with one attached hydrogen (secondary N) is 1. The predicted molar refractivity (Wildman–Crippen MR) is 62.1 cm³/mol. The van der Waals surface area contributed by atoms with Gasteiger partial charge in [0.25, 0.3) is 0 Å². The fraction of sp³-hybridized carbons (Fsp3) is 0.727. The molecular weight excluding hydrogens is 242 g/mol. The minimum absolute atomic E-state index is 0.0241. The summed E-state index contributed by atoms with van der Waals surface area (Å²) in [6, 6.07) is -1.16. The Morgan fingerprint density at radius 2 is 1.89 bits per heavy atom. The molecule has 0 aromatic rings. The van der Waals surface area contributed by atoms with E-state index in [1.54, 1.807) is 6.92 Å². The molecule has 0 aliphatic carbocycles. The fourth-order valence-corrected chi connectivity index (χ4v) is 1.44. The summed E-state index contributed by atoms with van der Waals surface area (Å²) >= 11 is 0. The summed E-state index contributed by atoms with van der Waals surface area (Å²) in [5.41, 5.74) is 0. The number of methoxy groups -OCH3 is 1. The van der Waals surface area contributed by atoms with E-state index < -0.39 is 23.9 Å². The van der Waals surface area contributed by atoms with Crippen LogP contribution in [0.5, 0.6) is 0 Å². The molecule has 0 aromatic heterocycles. The molecule has 0 heterocycles. The van der Waals surface area contributed by atoms with Gasteiger partial charge in [0.15, 0.2) is 0 Å². The van der Waals surface area contributed by atoms with Crippen molar-refractivity contribution in [2.45, 2.75) is 32.2 Å². The van der Waals surface area contributed by atoms with Gasteiger partial charge in [-0.25, -0.2) is 4.79 Å². The number of hydrogen-bond donors (Lipinski definition) is 3. The van der Waals surface area contributed by atoms with Crippen LogP contribution in [0.2, 0.25) is 0 Å². The quantitative estimate of drug-likeness (QED) is 0.542. The lowest BCUT2D eigenvalue weighted by Crippen LogP contribution is -2.41. The second-order valence-corrected chi connectivity index (χ2v) is 4.16. The lowest BCUT2D eigenvalue weighted by atomic mass is 10.1. The van der Waals surface area contributed by atoms with Gasteiger partial charge in [0.2, 0.25) is 5.91 Å². The molecule has 18 heavy (non-hydrogen) atoms. The topological polar surface area (TPSA) is 113 Å². The fourth-order valence-electron chi connectivity index (χ4n) is 1.44. The molecule has 0 fully saturated rings. The number of carboxylic acids is 2. The van der Waals surface area contributed by atoms with Crippen molar-refractivity contribution in [1.82, 2.24) is 5.32 Å². The van der Waals surface area contributed by atoms with Crippen molar-refractivity contribution in [3.63, 3.8) is 0 Å². The third-order valence-electron chi connectivity index (χ3n) is 2.27. The zero-order valence-electron chi connectivity index (χ0n) is 10.5. The summed E-state index contributed by atoms with van der Waals surface area (Å²) in [7, 11) is 1.52. The van der Waals surface area contributed by atoms with Gasteiger partial charge in [0.1, 0.15) is 6.04 Å². The molecule has 0 aromatic carbocycles. The summed E-state index contributed by atoms with van der Waals surface area (Å²) in [6.07, 6.45) is -0.287. The summed E-state index contributed by atoms with van der Waals surface area (Å²) < 4.78 is 4.86. The Morgan fingerprint density at radius 3 is 2.33 bits per heavy atom. The lowest BCUT2D eigenvalue weighted by Gasteiger charge is -2.15. The van der Waals surface area contributed by atoms with Crippen molar-refractivity contribution in [1.29, 1.82) is 0 Å². The first kappa shape index (κ1) is 16.4. The Labute approximate surface area is 105 Å². The first-order valence-corrected chi connectivity index (χ1v) is 5.59. The molecule has 3 N–H and O–H groups in total. The van der Waals surface area contributed by atoms with E-state index in [0.29, 0.717) is 6.61 Å². The highest BCUT2D eigenvalue weighted by Crippen LogP contribution is 2.04. The van der Waals surface area contributed by atoms with Crippen LogP contribution in [0.1, 0.15) is 26.2 Å². The van der Waals surface area contributed by atoms with E-state index in [2.05, 4.69) is 5.32 Å². The monoisotopic (exact) mass is 261 g/mol. The van der Waals surface area contributed by atoms with Gasteiger partial charge < -0.3 is 20.3 Å². The number of hydrogen-bond acceptors (Lipinski definition) is 4. The van der Waals surface area contributed by atoms with E-state index in [1.807, 2.05) is 0 Å². The van der Waals surface area contributed by atoms with Crippen molar-refractivity contribution in [2.75, 3.05) is 13.7 Å². The molecule has 7 heteroatoms. The molecule has 0 bridgehead atoms. The minimum Gasteiger partial charge on any atom is -0.481 e. The normalized spacial score (nSPS) is 13.7.